The lowest BCUT2D eigenvalue weighted by molar-refractivity contribution is 0.0948. The monoisotopic (exact) mass is 450 g/mol. The maximum absolute atomic E-state index is 12.2. The third-order valence-electron chi connectivity index (χ3n) is 5.25. The van der Waals surface area contributed by atoms with Crippen molar-refractivity contribution in [1.82, 2.24) is 30.4 Å². The van der Waals surface area contributed by atoms with Crippen LogP contribution in [0.15, 0.2) is 42.9 Å². The lowest BCUT2D eigenvalue weighted by Crippen LogP contribution is -2.31. The second kappa shape index (κ2) is 9.77. The molecule has 9 nitrogen and oxygen atoms in total. The first-order valence-corrected chi connectivity index (χ1v) is 10.8. The molecule has 32 heavy (non-hydrogen) atoms. The van der Waals surface area contributed by atoms with Crippen LogP contribution in [0.4, 0.5) is 11.6 Å². The summed E-state index contributed by atoms with van der Waals surface area (Å²) in [5.41, 5.74) is 2.54. The summed E-state index contributed by atoms with van der Waals surface area (Å²) in [5, 5.41) is 22.9. The Morgan fingerprint density at radius 2 is 2.03 bits per heavy atom. The van der Waals surface area contributed by atoms with Crippen LogP contribution in [0.3, 0.4) is 0 Å². The normalized spacial score (nSPS) is 15.0. The third-order valence-corrected chi connectivity index (χ3v) is 5.52. The molecule has 0 bridgehead atoms. The minimum atomic E-state index is -0.564. The van der Waals surface area contributed by atoms with Crippen LogP contribution in [-0.2, 0) is 0 Å². The van der Waals surface area contributed by atoms with Crippen LogP contribution in [0, 0.1) is 11.3 Å². The molecule has 1 aliphatic rings. The molecule has 10 heteroatoms. The van der Waals surface area contributed by atoms with Crippen molar-refractivity contribution in [2.45, 2.75) is 31.8 Å². The first-order chi connectivity index (χ1) is 15.5. The molecule has 1 aromatic carbocycles. The molecule has 1 aliphatic heterocycles. The average Bonchev–Trinajstić information content (AvgIpc) is 3.29. The maximum atomic E-state index is 12.2. The molecule has 4 rings (SSSR count). The van der Waals surface area contributed by atoms with Crippen molar-refractivity contribution < 1.29 is 4.79 Å². The summed E-state index contributed by atoms with van der Waals surface area (Å²) in [6, 6.07) is 8.67. The Bertz CT molecular complexity index is 1130. The van der Waals surface area contributed by atoms with E-state index in [2.05, 4.69) is 31.0 Å². The highest BCUT2D eigenvalue weighted by Gasteiger charge is 2.16. The van der Waals surface area contributed by atoms with Gasteiger partial charge in [-0.15, -0.1) is 0 Å². The standard InChI is InChI=1S/C22H23ClN8O/c1-14(10-24)28-21(32)16-4-2-15(3-5-16)20-19(23)12-26-22(30-20)29-17-11-27-31(13-17)18-6-8-25-9-7-18/h2-5,11-14,18,25H,6-9H2,1H3,(H,28,32)(H,26,29,30)/t14-/m0/s1. The Morgan fingerprint density at radius 3 is 2.75 bits per heavy atom. The lowest BCUT2D eigenvalue weighted by Gasteiger charge is -2.22. The van der Waals surface area contributed by atoms with Gasteiger partial charge in [-0.2, -0.15) is 10.4 Å². The summed E-state index contributed by atoms with van der Waals surface area (Å²) in [6.07, 6.45) is 7.36. The number of hydrogen-bond donors (Lipinski definition) is 3. The van der Waals surface area contributed by atoms with E-state index >= 15 is 0 Å². The van der Waals surface area contributed by atoms with Gasteiger partial charge in [-0.05, 0) is 45.0 Å². The van der Waals surface area contributed by atoms with E-state index in [0.717, 1.165) is 37.2 Å². The van der Waals surface area contributed by atoms with Gasteiger partial charge in [-0.3, -0.25) is 9.48 Å². The maximum Gasteiger partial charge on any atom is 0.252 e. The van der Waals surface area contributed by atoms with Crippen LogP contribution in [0.1, 0.15) is 36.2 Å². The number of carbonyl (C=O) groups is 1. The van der Waals surface area contributed by atoms with Crippen molar-refractivity contribution in [2.24, 2.45) is 0 Å². The highest BCUT2D eigenvalue weighted by atomic mass is 35.5. The number of amides is 1. The fourth-order valence-corrected chi connectivity index (χ4v) is 3.72. The zero-order valence-corrected chi connectivity index (χ0v) is 18.3. The van der Waals surface area contributed by atoms with Crippen molar-refractivity contribution in [3.63, 3.8) is 0 Å². The van der Waals surface area contributed by atoms with Crippen molar-refractivity contribution in [3.05, 3.63) is 53.4 Å². The van der Waals surface area contributed by atoms with E-state index < -0.39 is 6.04 Å². The molecule has 1 fully saturated rings. The second-order valence-corrected chi connectivity index (χ2v) is 8.01. The molecule has 3 N–H and O–H groups in total. The van der Waals surface area contributed by atoms with Crippen LogP contribution in [-0.4, -0.2) is 44.8 Å². The van der Waals surface area contributed by atoms with E-state index in [1.54, 1.807) is 43.6 Å². The summed E-state index contributed by atoms with van der Waals surface area (Å²) < 4.78 is 1.98. The van der Waals surface area contributed by atoms with Gasteiger partial charge in [0.2, 0.25) is 5.95 Å². The van der Waals surface area contributed by atoms with Crippen LogP contribution < -0.4 is 16.0 Å². The molecule has 1 atom stereocenters. The van der Waals surface area contributed by atoms with Gasteiger partial charge < -0.3 is 16.0 Å². The quantitative estimate of drug-likeness (QED) is 0.526. The number of anilines is 2. The minimum absolute atomic E-state index is 0.313. The van der Waals surface area contributed by atoms with Crippen LogP contribution in [0.5, 0.6) is 0 Å². The molecule has 1 saturated heterocycles. The molecule has 2 aromatic heterocycles. The number of nitriles is 1. The van der Waals surface area contributed by atoms with Gasteiger partial charge >= 0.3 is 0 Å². The molecule has 3 heterocycles. The number of halogens is 1. The SMILES string of the molecule is C[C@@H](C#N)NC(=O)c1ccc(-c2nc(Nc3cnn(C4CCNCC4)c3)ncc2Cl)cc1. The number of piperidine rings is 1. The Kier molecular flexibility index (Phi) is 6.63. The summed E-state index contributed by atoms with van der Waals surface area (Å²) in [4.78, 5) is 21.0. The largest absolute Gasteiger partial charge is 0.337 e. The Hall–Kier alpha value is -3.48. The van der Waals surface area contributed by atoms with Gasteiger partial charge in [0.05, 0.1) is 40.9 Å². The first-order valence-electron chi connectivity index (χ1n) is 10.4. The molecule has 164 valence electrons. The van der Waals surface area contributed by atoms with Gasteiger partial charge in [0, 0.05) is 17.3 Å². The molecule has 0 radical (unpaired) electrons. The van der Waals surface area contributed by atoms with Gasteiger partial charge in [0.1, 0.15) is 6.04 Å². The Morgan fingerprint density at radius 1 is 1.28 bits per heavy atom. The van der Waals surface area contributed by atoms with E-state index in [9.17, 15) is 4.79 Å². The summed E-state index contributed by atoms with van der Waals surface area (Å²) in [7, 11) is 0. The first kappa shape index (κ1) is 21.7. The number of aromatic nitrogens is 4. The van der Waals surface area contributed by atoms with Gasteiger partial charge in [0.15, 0.2) is 0 Å². The molecule has 0 unspecified atom stereocenters. The number of carbonyl (C=O) groups excluding carboxylic acids is 1. The molecule has 1 amide bonds. The van der Waals surface area contributed by atoms with E-state index in [4.69, 9.17) is 16.9 Å². The Labute approximate surface area is 190 Å². The van der Waals surface area contributed by atoms with Gasteiger partial charge in [-0.1, -0.05) is 23.7 Å². The van der Waals surface area contributed by atoms with E-state index in [1.807, 2.05) is 16.9 Å². The van der Waals surface area contributed by atoms with Crippen molar-refractivity contribution in [1.29, 1.82) is 5.26 Å². The smallest absolute Gasteiger partial charge is 0.252 e. The van der Waals surface area contributed by atoms with Crippen LogP contribution in [0.25, 0.3) is 11.3 Å². The second-order valence-electron chi connectivity index (χ2n) is 7.61. The van der Waals surface area contributed by atoms with E-state index in [-0.39, 0.29) is 5.91 Å². The molecule has 0 spiro atoms. The zero-order valence-electron chi connectivity index (χ0n) is 17.5. The molecule has 0 saturated carbocycles. The van der Waals surface area contributed by atoms with E-state index in [1.165, 1.54) is 0 Å². The lowest BCUT2D eigenvalue weighted by atomic mass is 10.1. The number of hydrogen-bond acceptors (Lipinski definition) is 7. The summed E-state index contributed by atoms with van der Waals surface area (Å²) >= 11 is 6.34. The third kappa shape index (κ3) is 5.04. The molecule has 3 aromatic rings. The zero-order chi connectivity index (χ0) is 22.5. The average molecular weight is 451 g/mol. The van der Waals surface area contributed by atoms with Crippen molar-refractivity contribution in [2.75, 3.05) is 18.4 Å². The van der Waals surface area contributed by atoms with Gasteiger partial charge in [0.25, 0.3) is 5.91 Å². The predicted molar refractivity (Wildman–Crippen MR) is 122 cm³/mol. The van der Waals surface area contributed by atoms with Gasteiger partial charge in [-0.25, -0.2) is 9.97 Å². The molecule has 0 aliphatic carbocycles. The number of nitrogens with one attached hydrogen (secondary N) is 3. The van der Waals surface area contributed by atoms with Crippen molar-refractivity contribution >= 4 is 29.1 Å². The highest BCUT2D eigenvalue weighted by Crippen LogP contribution is 2.28. The van der Waals surface area contributed by atoms with Crippen molar-refractivity contribution in [3.8, 4) is 17.3 Å². The fourth-order valence-electron chi connectivity index (χ4n) is 3.52. The molecular formula is C22H23ClN8O. The number of nitrogens with zero attached hydrogens (tertiary/aromatic N) is 5. The van der Waals surface area contributed by atoms with Crippen LogP contribution in [0.2, 0.25) is 5.02 Å². The predicted octanol–water partition coefficient (Wildman–Crippen LogP) is 3.30. The van der Waals surface area contributed by atoms with E-state index in [0.29, 0.717) is 28.3 Å². The fraction of sp³-hybridized carbons (Fsp3) is 0.318. The molecular weight excluding hydrogens is 428 g/mol. The minimum Gasteiger partial charge on any atom is -0.337 e. The summed E-state index contributed by atoms with van der Waals surface area (Å²) in [5.74, 6) is 0.0893. The van der Waals surface area contributed by atoms with Crippen LogP contribution >= 0.6 is 11.6 Å². The summed E-state index contributed by atoms with van der Waals surface area (Å²) in [6.45, 7) is 3.61. The number of benzene rings is 1. The number of rotatable bonds is 6. The Balaban J connectivity index is 1.49. The highest BCUT2D eigenvalue weighted by molar-refractivity contribution is 6.32. The topological polar surface area (TPSA) is 121 Å².